The van der Waals surface area contributed by atoms with Crippen molar-refractivity contribution in [1.82, 2.24) is 0 Å². The Morgan fingerprint density at radius 3 is 1.52 bits per heavy atom. The fraction of sp³-hybridized carbons (Fsp3) is 0.400. The van der Waals surface area contributed by atoms with Crippen LogP contribution in [0.15, 0.2) is 48.5 Å². The minimum absolute atomic E-state index is 1.33. The third kappa shape index (κ3) is 2.56. The number of rotatable bonds is 6. The molecule has 2 aromatic rings. The number of fused-ring (bicyclic) bond motifs is 3. The Bertz CT molecular complexity index is 559. The van der Waals surface area contributed by atoms with Gasteiger partial charge in [0.1, 0.15) is 0 Å². The Labute approximate surface area is 133 Å². The van der Waals surface area contributed by atoms with Crippen molar-refractivity contribution < 1.29 is 0 Å². The summed E-state index contributed by atoms with van der Waals surface area (Å²) >= 11 is -2.43. The van der Waals surface area contributed by atoms with Gasteiger partial charge in [0.2, 0.25) is 0 Å². The molecule has 0 fully saturated rings. The van der Waals surface area contributed by atoms with Crippen LogP contribution in [0.1, 0.15) is 39.5 Å². The monoisotopic (exact) mass is 386 g/mol. The minimum atomic E-state index is -2.43. The summed E-state index contributed by atoms with van der Waals surface area (Å²) in [4.78, 5) is 0. The van der Waals surface area contributed by atoms with Crippen LogP contribution in [-0.2, 0) is 0 Å². The maximum absolute atomic E-state index is 2.47. The van der Waals surface area contributed by atoms with E-state index < -0.39 is 18.4 Å². The van der Waals surface area contributed by atoms with Crippen molar-refractivity contribution in [1.29, 1.82) is 0 Å². The molecular formula is C20H26Sn. The molecule has 1 heteroatoms. The van der Waals surface area contributed by atoms with Crippen molar-refractivity contribution in [3.63, 3.8) is 0 Å². The Morgan fingerprint density at radius 1 is 0.667 bits per heavy atom. The Kier molecular flexibility index (Phi) is 4.73. The van der Waals surface area contributed by atoms with Gasteiger partial charge in [-0.1, -0.05) is 0 Å². The van der Waals surface area contributed by atoms with Gasteiger partial charge in [-0.05, 0) is 0 Å². The van der Waals surface area contributed by atoms with Crippen molar-refractivity contribution in [2.75, 3.05) is 0 Å². The number of benzene rings is 2. The first-order valence-electron chi connectivity index (χ1n) is 8.53. The molecule has 0 aromatic heterocycles. The van der Waals surface area contributed by atoms with Crippen molar-refractivity contribution in [2.45, 2.75) is 48.4 Å². The van der Waals surface area contributed by atoms with E-state index in [4.69, 9.17) is 0 Å². The first-order valence-corrected chi connectivity index (χ1v) is 15.4. The van der Waals surface area contributed by atoms with Crippen LogP contribution in [0.25, 0.3) is 11.1 Å². The molecule has 110 valence electrons. The molecule has 0 atom stereocenters. The molecule has 0 bridgehead atoms. The Balaban J connectivity index is 2.16. The second kappa shape index (κ2) is 6.56. The average molecular weight is 385 g/mol. The molecule has 0 amide bonds. The molecule has 1 heterocycles. The molecule has 1 aliphatic heterocycles. The summed E-state index contributed by atoms with van der Waals surface area (Å²) in [6.45, 7) is 4.68. The zero-order chi connectivity index (χ0) is 14.7. The first-order chi connectivity index (χ1) is 10.3. The summed E-state index contributed by atoms with van der Waals surface area (Å²) in [5, 5.41) is 0. The SMILES string of the molecule is CCC[CH2][Sn]1([CH2]CCC)[c]2ccccc2-c2cccc[c]21. The van der Waals surface area contributed by atoms with Crippen LogP contribution in [0, 0.1) is 0 Å². The molecule has 0 nitrogen and oxygen atoms in total. The van der Waals surface area contributed by atoms with Gasteiger partial charge in [-0.2, -0.15) is 0 Å². The molecule has 0 saturated carbocycles. The normalized spacial score (nSPS) is 14.8. The summed E-state index contributed by atoms with van der Waals surface area (Å²) < 4.78 is 6.57. The van der Waals surface area contributed by atoms with Crippen LogP contribution in [0.3, 0.4) is 0 Å². The number of unbranched alkanes of at least 4 members (excludes halogenated alkanes) is 2. The van der Waals surface area contributed by atoms with E-state index in [-0.39, 0.29) is 0 Å². The number of hydrogen-bond donors (Lipinski definition) is 0. The van der Waals surface area contributed by atoms with Gasteiger partial charge < -0.3 is 0 Å². The van der Waals surface area contributed by atoms with E-state index in [2.05, 4.69) is 62.4 Å². The molecule has 1 aliphatic rings. The molecular weight excluding hydrogens is 359 g/mol. The average Bonchev–Trinajstić information content (AvgIpc) is 2.82. The molecule has 0 saturated heterocycles. The van der Waals surface area contributed by atoms with E-state index in [9.17, 15) is 0 Å². The summed E-state index contributed by atoms with van der Waals surface area (Å²) in [5.41, 5.74) is 3.13. The molecule has 0 N–H and O–H groups in total. The second-order valence-electron chi connectivity index (χ2n) is 6.38. The zero-order valence-electron chi connectivity index (χ0n) is 13.4. The Morgan fingerprint density at radius 2 is 1.10 bits per heavy atom. The van der Waals surface area contributed by atoms with Crippen molar-refractivity contribution >= 4 is 25.5 Å². The van der Waals surface area contributed by atoms with E-state index in [1.165, 1.54) is 34.6 Å². The first kappa shape index (κ1) is 15.1. The van der Waals surface area contributed by atoms with Gasteiger partial charge in [0.25, 0.3) is 0 Å². The van der Waals surface area contributed by atoms with E-state index in [0.717, 1.165) is 0 Å². The van der Waals surface area contributed by atoms with Gasteiger partial charge in [0, 0.05) is 0 Å². The quantitative estimate of drug-likeness (QED) is 0.625. The molecule has 21 heavy (non-hydrogen) atoms. The van der Waals surface area contributed by atoms with Crippen LogP contribution in [0.2, 0.25) is 8.87 Å². The molecule has 0 unspecified atom stereocenters. The topological polar surface area (TPSA) is 0 Å². The molecule has 3 rings (SSSR count). The van der Waals surface area contributed by atoms with E-state index in [1.807, 2.05) is 0 Å². The number of hydrogen-bond acceptors (Lipinski definition) is 0. The summed E-state index contributed by atoms with van der Waals surface area (Å²) in [7, 11) is 0. The molecule has 0 radical (unpaired) electrons. The van der Waals surface area contributed by atoms with Crippen LogP contribution in [0.4, 0.5) is 0 Å². The predicted octanol–water partition coefficient (Wildman–Crippen LogP) is 4.83. The molecule has 0 spiro atoms. The Hall–Kier alpha value is -0.761. The van der Waals surface area contributed by atoms with Crippen molar-refractivity contribution in [2.24, 2.45) is 0 Å². The van der Waals surface area contributed by atoms with E-state index in [0.29, 0.717) is 0 Å². The summed E-state index contributed by atoms with van der Waals surface area (Å²) in [5.74, 6) is 0. The predicted molar refractivity (Wildman–Crippen MR) is 96.3 cm³/mol. The fourth-order valence-corrected chi connectivity index (χ4v) is 20.7. The van der Waals surface area contributed by atoms with Crippen molar-refractivity contribution in [3.05, 3.63) is 48.5 Å². The van der Waals surface area contributed by atoms with E-state index in [1.54, 1.807) is 18.3 Å². The van der Waals surface area contributed by atoms with Gasteiger partial charge in [-0.3, -0.25) is 0 Å². The van der Waals surface area contributed by atoms with E-state index >= 15 is 0 Å². The third-order valence-corrected chi connectivity index (χ3v) is 20.4. The van der Waals surface area contributed by atoms with Crippen LogP contribution >= 0.6 is 0 Å². The van der Waals surface area contributed by atoms with Gasteiger partial charge in [0.05, 0.1) is 0 Å². The second-order valence-corrected chi connectivity index (χ2v) is 18.5. The summed E-state index contributed by atoms with van der Waals surface area (Å²) in [6.07, 6.45) is 5.47. The van der Waals surface area contributed by atoms with Gasteiger partial charge in [0.15, 0.2) is 0 Å². The molecule has 2 aromatic carbocycles. The standard InChI is InChI=1S/C12H8.2C4H9.Sn/c1-3-7-11(8-4-1)12-9-5-2-6-10-12;2*1-3-4-2;/h1-7,9H;2*1,3-4H2,2H3;. The van der Waals surface area contributed by atoms with Gasteiger partial charge >= 0.3 is 134 Å². The maximum atomic E-state index is 2.47. The van der Waals surface area contributed by atoms with Crippen LogP contribution < -0.4 is 7.16 Å². The van der Waals surface area contributed by atoms with Gasteiger partial charge in [-0.25, -0.2) is 0 Å². The molecule has 0 aliphatic carbocycles. The van der Waals surface area contributed by atoms with Crippen molar-refractivity contribution in [3.8, 4) is 11.1 Å². The van der Waals surface area contributed by atoms with Crippen LogP contribution in [0.5, 0.6) is 0 Å². The fourth-order valence-electron chi connectivity index (χ4n) is 4.04. The van der Waals surface area contributed by atoms with Crippen LogP contribution in [-0.4, -0.2) is 18.4 Å². The summed E-state index contributed by atoms with van der Waals surface area (Å²) in [6, 6.07) is 18.7. The third-order valence-electron chi connectivity index (χ3n) is 5.09. The zero-order valence-corrected chi connectivity index (χ0v) is 16.2. The van der Waals surface area contributed by atoms with Gasteiger partial charge in [-0.15, -0.1) is 0 Å².